The normalized spacial score (nSPS) is 13.4. The number of nitriles is 2. The van der Waals surface area contributed by atoms with E-state index in [1.807, 2.05) is 32.0 Å². The third-order valence-corrected chi connectivity index (χ3v) is 4.76. The molecule has 1 aliphatic rings. The lowest BCUT2D eigenvalue weighted by atomic mass is 10.0. The fourth-order valence-electron chi connectivity index (χ4n) is 3.28. The van der Waals surface area contributed by atoms with Crippen molar-refractivity contribution in [1.82, 2.24) is 5.01 Å². The van der Waals surface area contributed by atoms with E-state index in [1.165, 1.54) is 5.01 Å². The SMILES string of the molecule is CCOc1ccc(C2=NN(C(=O)c3cccc(N=NC(C#N)C#N)c3)CCC2)cc1OCC. The summed E-state index contributed by atoms with van der Waals surface area (Å²) < 4.78 is 11.3. The van der Waals surface area contributed by atoms with E-state index in [0.717, 1.165) is 24.1 Å². The summed E-state index contributed by atoms with van der Waals surface area (Å²) in [5, 5.41) is 31.2. The van der Waals surface area contributed by atoms with Crippen LogP contribution in [-0.4, -0.2) is 42.4 Å². The zero-order chi connectivity index (χ0) is 23.6. The number of hydrogen-bond acceptors (Lipinski definition) is 8. The Hall–Kier alpha value is -4.24. The zero-order valence-electron chi connectivity index (χ0n) is 18.6. The summed E-state index contributed by atoms with van der Waals surface area (Å²) in [5.41, 5.74) is 2.44. The highest BCUT2D eigenvalue weighted by Gasteiger charge is 2.22. The van der Waals surface area contributed by atoms with Crippen LogP contribution < -0.4 is 9.47 Å². The van der Waals surface area contributed by atoms with E-state index in [9.17, 15) is 4.79 Å². The lowest BCUT2D eigenvalue weighted by molar-refractivity contribution is 0.0751. The van der Waals surface area contributed by atoms with Gasteiger partial charge >= 0.3 is 0 Å². The molecule has 33 heavy (non-hydrogen) atoms. The second-order valence-electron chi connectivity index (χ2n) is 7.03. The highest BCUT2D eigenvalue weighted by Crippen LogP contribution is 2.30. The minimum Gasteiger partial charge on any atom is -0.490 e. The van der Waals surface area contributed by atoms with Gasteiger partial charge in [-0.1, -0.05) is 6.07 Å². The Bertz CT molecular complexity index is 1130. The molecular weight excluding hydrogens is 420 g/mol. The van der Waals surface area contributed by atoms with Crippen LogP contribution in [-0.2, 0) is 0 Å². The second kappa shape index (κ2) is 11.4. The second-order valence-corrected chi connectivity index (χ2v) is 7.03. The maximum absolute atomic E-state index is 13.1. The van der Waals surface area contributed by atoms with E-state index in [4.69, 9.17) is 20.0 Å². The minimum atomic E-state index is -1.19. The van der Waals surface area contributed by atoms with E-state index >= 15 is 0 Å². The van der Waals surface area contributed by atoms with E-state index in [-0.39, 0.29) is 5.91 Å². The number of benzene rings is 2. The molecule has 0 aliphatic carbocycles. The van der Waals surface area contributed by atoms with Gasteiger partial charge in [-0.2, -0.15) is 25.9 Å². The van der Waals surface area contributed by atoms with Gasteiger partial charge in [-0.3, -0.25) is 4.79 Å². The van der Waals surface area contributed by atoms with Crippen molar-refractivity contribution >= 4 is 17.3 Å². The quantitative estimate of drug-likeness (QED) is 0.549. The first-order valence-corrected chi connectivity index (χ1v) is 10.7. The van der Waals surface area contributed by atoms with E-state index in [1.54, 1.807) is 36.4 Å². The molecule has 3 rings (SSSR count). The summed E-state index contributed by atoms with van der Waals surface area (Å²) >= 11 is 0. The van der Waals surface area contributed by atoms with Crippen molar-refractivity contribution in [3.8, 4) is 23.6 Å². The van der Waals surface area contributed by atoms with Crippen molar-refractivity contribution in [3.63, 3.8) is 0 Å². The van der Waals surface area contributed by atoms with Gasteiger partial charge < -0.3 is 9.47 Å². The predicted octanol–water partition coefficient (Wildman–Crippen LogP) is 4.62. The monoisotopic (exact) mass is 444 g/mol. The van der Waals surface area contributed by atoms with Crippen molar-refractivity contribution in [2.75, 3.05) is 19.8 Å². The fourth-order valence-corrected chi connectivity index (χ4v) is 3.28. The lowest BCUT2D eigenvalue weighted by Gasteiger charge is -2.24. The molecule has 9 heteroatoms. The van der Waals surface area contributed by atoms with Gasteiger partial charge in [-0.15, -0.1) is 0 Å². The van der Waals surface area contributed by atoms with Gasteiger partial charge in [0, 0.05) is 17.7 Å². The molecule has 0 radical (unpaired) electrons. The van der Waals surface area contributed by atoms with Gasteiger partial charge in [-0.05, 0) is 63.1 Å². The first-order chi connectivity index (χ1) is 16.1. The molecule has 0 aromatic heterocycles. The van der Waals surface area contributed by atoms with E-state index < -0.39 is 6.04 Å². The number of azo groups is 1. The van der Waals surface area contributed by atoms with Crippen LogP contribution in [0, 0.1) is 22.7 Å². The van der Waals surface area contributed by atoms with Crippen LogP contribution in [0.4, 0.5) is 5.69 Å². The highest BCUT2D eigenvalue weighted by molar-refractivity contribution is 6.03. The Labute approximate surface area is 192 Å². The van der Waals surface area contributed by atoms with Crippen LogP contribution >= 0.6 is 0 Å². The van der Waals surface area contributed by atoms with Gasteiger partial charge in [0.15, 0.2) is 11.5 Å². The Kier molecular flexibility index (Phi) is 8.09. The zero-order valence-corrected chi connectivity index (χ0v) is 18.6. The molecule has 0 spiro atoms. The fraction of sp³-hybridized carbons (Fsp3) is 0.333. The van der Waals surface area contributed by atoms with Gasteiger partial charge in [0.2, 0.25) is 6.04 Å². The summed E-state index contributed by atoms with van der Waals surface area (Å²) in [4.78, 5) is 13.1. The molecule has 0 saturated carbocycles. The van der Waals surface area contributed by atoms with Crippen molar-refractivity contribution in [3.05, 3.63) is 53.6 Å². The number of rotatable bonds is 8. The standard InChI is InChI=1S/C24H24N6O3/c1-3-32-22-11-10-17(14-23(22)33-4-2)21-9-6-12-30(29-21)24(31)18-7-5-8-19(13-18)27-28-20(15-25)16-26/h5,7-8,10-11,13-14,20H,3-4,6,9,12H2,1-2H3. The first kappa shape index (κ1) is 23.4. The maximum atomic E-state index is 13.1. The smallest absolute Gasteiger partial charge is 0.274 e. The molecule has 2 aromatic carbocycles. The summed E-state index contributed by atoms with van der Waals surface area (Å²) in [7, 11) is 0. The summed E-state index contributed by atoms with van der Waals surface area (Å²) in [6, 6.07) is 14.5. The number of hydrazone groups is 1. The summed E-state index contributed by atoms with van der Waals surface area (Å²) in [6.45, 7) is 5.37. The number of carbonyl (C=O) groups is 1. The minimum absolute atomic E-state index is 0.266. The largest absolute Gasteiger partial charge is 0.490 e. The van der Waals surface area contributed by atoms with Gasteiger partial charge in [0.1, 0.15) is 12.1 Å². The Morgan fingerprint density at radius 3 is 2.61 bits per heavy atom. The van der Waals surface area contributed by atoms with Gasteiger partial charge in [0.05, 0.1) is 24.6 Å². The van der Waals surface area contributed by atoms with Crippen LogP contribution in [0.3, 0.4) is 0 Å². The molecule has 168 valence electrons. The molecule has 1 amide bonds. The van der Waals surface area contributed by atoms with Crippen molar-refractivity contribution < 1.29 is 14.3 Å². The van der Waals surface area contributed by atoms with Crippen molar-refractivity contribution in [1.29, 1.82) is 10.5 Å². The predicted molar refractivity (Wildman–Crippen MR) is 122 cm³/mol. The van der Waals surface area contributed by atoms with Crippen molar-refractivity contribution in [2.45, 2.75) is 32.7 Å². The molecular formula is C24H24N6O3. The Morgan fingerprint density at radius 1 is 1.12 bits per heavy atom. The lowest BCUT2D eigenvalue weighted by Crippen LogP contribution is -2.32. The number of amides is 1. The molecule has 0 bridgehead atoms. The topological polar surface area (TPSA) is 123 Å². The molecule has 0 fully saturated rings. The van der Waals surface area contributed by atoms with Gasteiger partial charge in [0.25, 0.3) is 5.91 Å². The first-order valence-electron chi connectivity index (χ1n) is 10.7. The molecule has 0 N–H and O–H groups in total. The van der Waals surface area contributed by atoms with Crippen LogP contribution in [0.25, 0.3) is 0 Å². The third kappa shape index (κ3) is 5.92. The molecule has 0 unspecified atom stereocenters. The van der Waals surface area contributed by atoms with E-state index in [0.29, 0.717) is 42.5 Å². The van der Waals surface area contributed by atoms with E-state index in [2.05, 4.69) is 15.3 Å². The Balaban J connectivity index is 1.83. The van der Waals surface area contributed by atoms with Crippen LogP contribution in [0.5, 0.6) is 11.5 Å². The van der Waals surface area contributed by atoms with Crippen LogP contribution in [0.1, 0.15) is 42.6 Å². The third-order valence-electron chi connectivity index (χ3n) is 4.76. The number of carbonyl (C=O) groups excluding carboxylic acids is 1. The average Bonchev–Trinajstić information content (AvgIpc) is 2.86. The summed E-state index contributed by atoms with van der Waals surface area (Å²) in [6.07, 6.45) is 1.51. The molecule has 1 heterocycles. The highest BCUT2D eigenvalue weighted by atomic mass is 16.5. The number of ether oxygens (including phenoxy) is 2. The maximum Gasteiger partial charge on any atom is 0.274 e. The molecule has 0 atom stereocenters. The molecule has 9 nitrogen and oxygen atoms in total. The molecule has 2 aromatic rings. The number of hydrogen-bond donors (Lipinski definition) is 0. The molecule has 0 saturated heterocycles. The molecule has 1 aliphatic heterocycles. The number of nitrogens with zero attached hydrogens (tertiary/aromatic N) is 6. The van der Waals surface area contributed by atoms with Crippen LogP contribution in [0.15, 0.2) is 57.8 Å². The average molecular weight is 444 g/mol. The van der Waals surface area contributed by atoms with Gasteiger partial charge in [-0.25, -0.2) is 5.01 Å². The Morgan fingerprint density at radius 2 is 1.88 bits per heavy atom. The summed E-state index contributed by atoms with van der Waals surface area (Å²) in [5.74, 6) is 1.06. The van der Waals surface area contributed by atoms with Crippen LogP contribution in [0.2, 0.25) is 0 Å². The van der Waals surface area contributed by atoms with Crippen molar-refractivity contribution in [2.24, 2.45) is 15.3 Å².